The summed E-state index contributed by atoms with van der Waals surface area (Å²) in [6, 6.07) is 10.5. The number of thiazole rings is 1. The molecule has 2 nitrogen and oxygen atoms in total. The van der Waals surface area contributed by atoms with Gasteiger partial charge in [0.2, 0.25) is 0 Å². The largest absolute Gasteiger partial charge is 0.392 e. The van der Waals surface area contributed by atoms with Gasteiger partial charge in [0.1, 0.15) is 0 Å². The first-order valence-corrected chi connectivity index (χ1v) is 6.84. The SMILES string of the molecule is OC(Cc1nccs1)C1CC1c1ccccc1. The molecule has 3 atom stereocenters. The second kappa shape index (κ2) is 4.59. The van der Waals surface area contributed by atoms with Crippen LogP contribution in [-0.4, -0.2) is 16.2 Å². The van der Waals surface area contributed by atoms with Crippen molar-refractivity contribution in [3.05, 3.63) is 52.5 Å². The Bertz CT molecular complexity index is 468. The van der Waals surface area contributed by atoms with Crippen LogP contribution in [0.1, 0.15) is 22.9 Å². The van der Waals surface area contributed by atoms with E-state index in [0.29, 0.717) is 18.3 Å². The summed E-state index contributed by atoms with van der Waals surface area (Å²) in [5, 5.41) is 13.2. The molecule has 1 N–H and O–H groups in total. The summed E-state index contributed by atoms with van der Waals surface area (Å²) >= 11 is 1.62. The molecule has 3 heteroatoms. The van der Waals surface area contributed by atoms with Crippen LogP contribution in [0.3, 0.4) is 0 Å². The molecule has 0 aliphatic heterocycles. The van der Waals surface area contributed by atoms with Crippen LogP contribution >= 0.6 is 11.3 Å². The van der Waals surface area contributed by atoms with E-state index in [0.717, 1.165) is 11.4 Å². The van der Waals surface area contributed by atoms with Gasteiger partial charge in [-0.25, -0.2) is 4.98 Å². The molecule has 1 heterocycles. The molecule has 1 aromatic heterocycles. The van der Waals surface area contributed by atoms with Gasteiger partial charge in [-0.3, -0.25) is 0 Å². The first kappa shape index (κ1) is 10.9. The highest BCUT2D eigenvalue weighted by Gasteiger charge is 2.43. The van der Waals surface area contributed by atoms with E-state index in [-0.39, 0.29) is 6.10 Å². The average Bonchev–Trinajstić information content (AvgIpc) is 3.02. The van der Waals surface area contributed by atoms with E-state index >= 15 is 0 Å². The van der Waals surface area contributed by atoms with Crippen LogP contribution in [-0.2, 0) is 6.42 Å². The van der Waals surface area contributed by atoms with E-state index in [9.17, 15) is 5.11 Å². The quantitative estimate of drug-likeness (QED) is 0.898. The lowest BCUT2D eigenvalue weighted by molar-refractivity contribution is 0.149. The van der Waals surface area contributed by atoms with Gasteiger partial charge in [-0.05, 0) is 23.8 Å². The molecular formula is C14H15NOS. The van der Waals surface area contributed by atoms with Crippen molar-refractivity contribution in [2.75, 3.05) is 0 Å². The molecule has 0 radical (unpaired) electrons. The van der Waals surface area contributed by atoms with Gasteiger partial charge in [0, 0.05) is 18.0 Å². The molecule has 1 aliphatic rings. The van der Waals surface area contributed by atoms with Crippen molar-refractivity contribution in [3.63, 3.8) is 0 Å². The van der Waals surface area contributed by atoms with Gasteiger partial charge in [-0.2, -0.15) is 0 Å². The van der Waals surface area contributed by atoms with Crippen molar-refractivity contribution in [1.29, 1.82) is 0 Å². The van der Waals surface area contributed by atoms with Crippen LogP contribution in [0.2, 0.25) is 0 Å². The molecule has 88 valence electrons. The molecular weight excluding hydrogens is 230 g/mol. The van der Waals surface area contributed by atoms with Gasteiger partial charge in [0.25, 0.3) is 0 Å². The third kappa shape index (κ3) is 2.40. The molecule has 3 unspecified atom stereocenters. The summed E-state index contributed by atoms with van der Waals surface area (Å²) in [6.07, 6.45) is 3.36. The summed E-state index contributed by atoms with van der Waals surface area (Å²) in [5.41, 5.74) is 1.36. The minimum atomic E-state index is -0.244. The van der Waals surface area contributed by atoms with Crippen molar-refractivity contribution in [1.82, 2.24) is 4.98 Å². The predicted octanol–water partition coefficient (Wildman–Crippen LogP) is 2.85. The molecule has 1 fully saturated rings. The Balaban J connectivity index is 1.61. The van der Waals surface area contributed by atoms with Gasteiger partial charge in [-0.1, -0.05) is 30.3 Å². The number of rotatable bonds is 4. The van der Waals surface area contributed by atoms with E-state index in [4.69, 9.17) is 0 Å². The summed E-state index contributed by atoms with van der Waals surface area (Å²) in [4.78, 5) is 4.22. The molecule has 1 aromatic carbocycles. The van der Waals surface area contributed by atoms with Gasteiger partial charge in [-0.15, -0.1) is 11.3 Å². The van der Waals surface area contributed by atoms with Gasteiger partial charge in [0.15, 0.2) is 0 Å². The number of hydrogen-bond donors (Lipinski definition) is 1. The summed E-state index contributed by atoms with van der Waals surface area (Å²) < 4.78 is 0. The maximum absolute atomic E-state index is 10.2. The summed E-state index contributed by atoms with van der Waals surface area (Å²) in [6.45, 7) is 0. The molecule has 2 aromatic rings. The van der Waals surface area contributed by atoms with Crippen LogP contribution in [0.5, 0.6) is 0 Å². The van der Waals surface area contributed by atoms with Crippen LogP contribution in [0.4, 0.5) is 0 Å². The van der Waals surface area contributed by atoms with Crippen LogP contribution < -0.4 is 0 Å². The number of aliphatic hydroxyl groups is 1. The number of aromatic nitrogens is 1. The molecule has 3 rings (SSSR count). The van der Waals surface area contributed by atoms with Crippen molar-refractivity contribution in [2.24, 2.45) is 5.92 Å². The standard InChI is InChI=1S/C14H15NOS/c16-13(9-14-15-6-7-17-14)12-8-11(12)10-4-2-1-3-5-10/h1-7,11-13,16H,8-9H2. The zero-order chi connectivity index (χ0) is 11.7. The normalized spacial score (nSPS) is 24.5. The fourth-order valence-electron chi connectivity index (χ4n) is 2.41. The van der Waals surface area contributed by atoms with Crippen molar-refractivity contribution in [3.8, 4) is 0 Å². The smallest absolute Gasteiger partial charge is 0.0950 e. The van der Waals surface area contributed by atoms with Crippen molar-refractivity contribution in [2.45, 2.75) is 24.9 Å². The maximum atomic E-state index is 10.2. The van der Waals surface area contributed by atoms with Crippen molar-refractivity contribution >= 4 is 11.3 Å². The van der Waals surface area contributed by atoms with Crippen LogP contribution in [0, 0.1) is 5.92 Å². The van der Waals surface area contributed by atoms with Crippen LogP contribution in [0.15, 0.2) is 41.9 Å². The highest BCUT2D eigenvalue weighted by molar-refractivity contribution is 7.09. The Morgan fingerprint density at radius 2 is 2.18 bits per heavy atom. The highest BCUT2D eigenvalue weighted by Crippen LogP contribution is 2.50. The molecule has 0 amide bonds. The third-order valence-corrected chi connectivity index (χ3v) is 4.23. The summed E-state index contributed by atoms with van der Waals surface area (Å²) in [7, 11) is 0. The average molecular weight is 245 g/mol. The molecule has 0 bridgehead atoms. The second-order valence-corrected chi connectivity index (χ2v) is 5.59. The number of hydrogen-bond acceptors (Lipinski definition) is 3. The maximum Gasteiger partial charge on any atom is 0.0950 e. The fraction of sp³-hybridized carbons (Fsp3) is 0.357. The zero-order valence-corrected chi connectivity index (χ0v) is 10.3. The van der Waals surface area contributed by atoms with Gasteiger partial charge in [0.05, 0.1) is 11.1 Å². The topological polar surface area (TPSA) is 33.1 Å². The molecule has 1 saturated carbocycles. The Hall–Kier alpha value is -1.19. The molecule has 1 aliphatic carbocycles. The van der Waals surface area contributed by atoms with Gasteiger partial charge >= 0.3 is 0 Å². The predicted molar refractivity (Wildman–Crippen MR) is 69.1 cm³/mol. The van der Waals surface area contributed by atoms with E-state index in [1.54, 1.807) is 17.5 Å². The lowest BCUT2D eigenvalue weighted by Crippen LogP contribution is -2.13. The monoisotopic (exact) mass is 245 g/mol. The first-order chi connectivity index (χ1) is 8.34. The zero-order valence-electron chi connectivity index (χ0n) is 9.49. The minimum absolute atomic E-state index is 0.244. The Morgan fingerprint density at radius 1 is 1.35 bits per heavy atom. The first-order valence-electron chi connectivity index (χ1n) is 5.96. The minimum Gasteiger partial charge on any atom is -0.392 e. The Kier molecular flexibility index (Phi) is 2.95. The van der Waals surface area contributed by atoms with E-state index in [1.165, 1.54) is 5.56 Å². The lowest BCUT2D eigenvalue weighted by atomic mass is 10.1. The number of benzene rings is 1. The van der Waals surface area contributed by atoms with Crippen LogP contribution in [0.25, 0.3) is 0 Å². The van der Waals surface area contributed by atoms with E-state index < -0.39 is 0 Å². The third-order valence-electron chi connectivity index (χ3n) is 3.43. The highest BCUT2D eigenvalue weighted by atomic mass is 32.1. The number of nitrogens with zero attached hydrogens (tertiary/aromatic N) is 1. The fourth-order valence-corrected chi connectivity index (χ4v) is 3.07. The number of aliphatic hydroxyl groups excluding tert-OH is 1. The van der Waals surface area contributed by atoms with Crippen molar-refractivity contribution < 1.29 is 5.11 Å². The van der Waals surface area contributed by atoms with E-state index in [1.807, 2.05) is 11.4 Å². The Morgan fingerprint density at radius 3 is 2.88 bits per heavy atom. The molecule has 0 spiro atoms. The second-order valence-electron chi connectivity index (χ2n) is 4.61. The van der Waals surface area contributed by atoms with Gasteiger partial charge < -0.3 is 5.11 Å². The Labute approximate surface area is 105 Å². The molecule has 17 heavy (non-hydrogen) atoms. The lowest BCUT2D eigenvalue weighted by Gasteiger charge is -2.08. The molecule has 0 saturated heterocycles. The van der Waals surface area contributed by atoms with E-state index in [2.05, 4.69) is 29.2 Å². The summed E-state index contributed by atoms with van der Waals surface area (Å²) in [5.74, 6) is 0.965.